The Morgan fingerprint density at radius 2 is 1.89 bits per heavy atom. The van der Waals surface area contributed by atoms with Crippen molar-refractivity contribution in [1.29, 1.82) is 0 Å². The molecule has 0 aliphatic carbocycles. The van der Waals surface area contributed by atoms with Crippen LogP contribution < -0.4 is 0 Å². The Balaban J connectivity index is 2.07. The third-order valence-electron chi connectivity index (χ3n) is 2.81. The van der Waals surface area contributed by atoms with Crippen molar-refractivity contribution in [2.75, 3.05) is 5.75 Å². The van der Waals surface area contributed by atoms with E-state index in [1.807, 2.05) is 55.8 Å². The van der Waals surface area contributed by atoms with Gasteiger partial charge >= 0.3 is 0 Å². The largest absolute Gasteiger partial charge is 0.390 e. The van der Waals surface area contributed by atoms with E-state index in [0.29, 0.717) is 0 Å². The highest BCUT2D eigenvalue weighted by molar-refractivity contribution is 7.99. The van der Waals surface area contributed by atoms with Gasteiger partial charge in [0.15, 0.2) is 11.0 Å². The minimum atomic E-state index is -0.631. The monoisotopic (exact) mass is 277 g/mol. The molecule has 0 spiro atoms. The molecule has 2 aromatic rings. The van der Waals surface area contributed by atoms with Crippen molar-refractivity contribution in [1.82, 2.24) is 14.8 Å². The summed E-state index contributed by atoms with van der Waals surface area (Å²) in [7, 11) is 1.97. The summed E-state index contributed by atoms with van der Waals surface area (Å²) in [5, 5.41) is 19.0. The first kappa shape index (κ1) is 14.1. The van der Waals surface area contributed by atoms with Crippen molar-refractivity contribution in [3.63, 3.8) is 0 Å². The van der Waals surface area contributed by atoms with Gasteiger partial charge in [-0.1, -0.05) is 42.1 Å². The van der Waals surface area contributed by atoms with Crippen LogP contribution in [0.2, 0.25) is 0 Å². The zero-order valence-electron chi connectivity index (χ0n) is 11.5. The van der Waals surface area contributed by atoms with Crippen molar-refractivity contribution in [2.45, 2.75) is 31.0 Å². The summed E-state index contributed by atoms with van der Waals surface area (Å²) in [5.41, 5.74) is 0.431. The van der Waals surface area contributed by atoms with Crippen LogP contribution in [0.25, 0.3) is 11.4 Å². The van der Waals surface area contributed by atoms with Gasteiger partial charge in [0.25, 0.3) is 0 Å². The summed E-state index contributed by atoms with van der Waals surface area (Å²) >= 11 is 1.62. The first-order valence-electron chi connectivity index (χ1n) is 6.27. The predicted molar refractivity (Wildman–Crippen MR) is 78.1 cm³/mol. The number of thioether (sulfide) groups is 1. The van der Waals surface area contributed by atoms with Crippen LogP contribution in [0.1, 0.15) is 20.3 Å². The molecule has 5 heteroatoms. The summed E-state index contributed by atoms with van der Waals surface area (Å²) < 4.78 is 1.99. The summed E-state index contributed by atoms with van der Waals surface area (Å²) in [5.74, 6) is 1.69. The van der Waals surface area contributed by atoms with Gasteiger partial charge < -0.3 is 9.67 Å². The van der Waals surface area contributed by atoms with E-state index in [0.717, 1.165) is 28.7 Å². The fraction of sp³-hybridized carbons (Fsp3) is 0.429. The van der Waals surface area contributed by atoms with Crippen molar-refractivity contribution >= 4 is 11.8 Å². The lowest BCUT2D eigenvalue weighted by molar-refractivity contribution is 0.0777. The van der Waals surface area contributed by atoms with Crippen LogP contribution in [-0.4, -0.2) is 31.2 Å². The predicted octanol–water partition coefficient (Wildman–Crippen LogP) is 2.74. The molecule has 0 aliphatic heterocycles. The van der Waals surface area contributed by atoms with Crippen LogP contribution in [-0.2, 0) is 7.05 Å². The highest BCUT2D eigenvalue weighted by Gasteiger charge is 2.15. The first-order chi connectivity index (χ1) is 8.97. The Morgan fingerprint density at radius 3 is 2.53 bits per heavy atom. The molecule has 2 rings (SSSR count). The van der Waals surface area contributed by atoms with Crippen LogP contribution in [0.4, 0.5) is 0 Å². The van der Waals surface area contributed by atoms with Gasteiger partial charge in [0.05, 0.1) is 5.60 Å². The van der Waals surface area contributed by atoms with Gasteiger partial charge in [0, 0.05) is 18.4 Å². The molecule has 0 aliphatic rings. The van der Waals surface area contributed by atoms with Gasteiger partial charge in [-0.3, -0.25) is 0 Å². The van der Waals surface area contributed by atoms with E-state index in [4.69, 9.17) is 0 Å². The fourth-order valence-electron chi connectivity index (χ4n) is 1.67. The zero-order chi connectivity index (χ0) is 13.9. The molecule has 0 saturated heterocycles. The van der Waals surface area contributed by atoms with Crippen LogP contribution in [0.15, 0.2) is 35.5 Å². The van der Waals surface area contributed by atoms with Gasteiger partial charge in [-0.25, -0.2) is 0 Å². The van der Waals surface area contributed by atoms with Crippen LogP contribution in [0.3, 0.4) is 0 Å². The Morgan fingerprint density at radius 1 is 1.21 bits per heavy atom. The Labute approximate surface area is 117 Å². The number of nitrogens with zero attached hydrogens (tertiary/aromatic N) is 3. The van der Waals surface area contributed by atoms with Crippen LogP contribution >= 0.6 is 11.8 Å². The average Bonchev–Trinajstić information content (AvgIpc) is 2.71. The van der Waals surface area contributed by atoms with Crippen LogP contribution in [0.5, 0.6) is 0 Å². The second-order valence-electron chi connectivity index (χ2n) is 5.14. The molecule has 19 heavy (non-hydrogen) atoms. The molecule has 1 N–H and O–H groups in total. The zero-order valence-corrected chi connectivity index (χ0v) is 12.3. The van der Waals surface area contributed by atoms with Gasteiger partial charge in [-0.05, 0) is 20.3 Å². The molecule has 0 bridgehead atoms. The van der Waals surface area contributed by atoms with Crippen LogP contribution in [0, 0.1) is 0 Å². The molecular formula is C14H19N3OS. The second kappa shape index (κ2) is 5.75. The number of aromatic nitrogens is 3. The van der Waals surface area contributed by atoms with E-state index < -0.39 is 5.60 Å². The lowest BCUT2D eigenvalue weighted by Gasteiger charge is -2.15. The number of aliphatic hydroxyl groups is 1. The highest BCUT2D eigenvalue weighted by Crippen LogP contribution is 2.24. The van der Waals surface area contributed by atoms with Crippen molar-refractivity contribution < 1.29 is 5.11 Å². The maximum absolute atomic E-state index is 9.69. The van der Waals surface area contributed by atoms with Crippen molar-refractivity contribution in [2.24, 2.45) is 7.05 Å². The summed E-state index contributed by atoms with van der Waals surface area (Å²) in [6, 6.07) is 10.0. The molecule has 0 saturated carbocycles. The van der Waals surface area contributed by atoms with Gasteiger partial charge in [-0.2, -0.15) is 0 Å². The average molecular weight is 277 g/mol. The molecular weight excluding hydrogens is 258 g/mol. The maximum atomic E-state index is 9.69. The standard InChI is InChI=1S/C14H19N3OS/c1-14(2,18)9-10-19-13-16-15-12(17(13)3)11-7-5-4-6-8-11/h4-8,18H,9-10H2,1-3H3. The van der Waals surface area contributed by atoms with E-state index in [-0.39, 0.29) is 0 Å². The topological polar surface area (TPSA) is 50.9 Å². The van der Waals surface area contributed by atoms with Gasteiger partial charge in [0.1, 0.15) is 0 Å². The van der Waals surface area contributed by atoms with Gasteiger partial charge in [0.2, 0.25) is 0 Å². The van der Waals surface area contributed by atoms with Crippen molar-refractivity contribution in [3.8, 4) is 11.4 Å². The Kier molecular flexibility index (Phi) is 4.27. The highest BCUT2D eigenvalue weighted by atomic mass is 32.2. The summed E-state index contributed by atoms with van der Waals surface area (Å²) in [6.45, 7) is 3.64. The molecule has 0 unspecified atom stereocenters. The second-order valence-corrected chi connectivity index (χ2v) is 6.20. The molecule has 1 aromatic carbocycles. The third kappa shape index (κ3) is 3.81. The maximum Gasteiger partial charge on any atom is 0.191 e. The lowest BCUT2D eigenvalue weighted by Crippen LogP contribution is -2.19. The molecule has 1 heterocycles. The van der Waals surface area contributed by atoms with E-state index >= 15 is 0 Å². The van der Waals surface area contributed by atoms with E-state index in [1.54, 1.807) is 11.8 Å². The van der Waals surface area contributed by atoms with Gasteiger partial charge in [-0.15, -0.1) is 10.2 Å². The van der Waals surface area contributed by atoms with E-state index in [1.165, 1.54) is 0 Å². The molecule has 0 atom stereocenters. The van der Waals surface area contributed by atoms with Crippen molar-refractivity contribution in [3.05, 3.63) is 30.3 Å². The number of rotatable bonds is 5. The summed E-state index contributed by atoms with van der Waals surface area (Å²) in [6.07, 6.45) is 0.727. The quantitative estimate of drug-likeness (QED) is 0.854. The molecule has 4 nitrogen and oxygen atoms in total. The lowest BCUT2D eigenvalue weighted by atomic mass is 10.1. The minimum Gasteiger partial charge on any atom is -0.390 e. The Hall–Kier alpha value is -1.33. The molecule has 1 aromatic heterocycles. The smallest absolute Gasteiger partial charge is 0.191 e. The minimum absolute atomic E-state index is 0.631. The third-order valence-corrected chi connectivity index (χ3v) is 3.83. The number of hydrogen-bond donors (Lipinski definition) is 1. The molecule has 0 radical (unpaired) electrons. The number of benzene rings is 1. The SMILES string of the molecule is Cn1c(SCCC(C)(C)O)nnc1-c1ccccc1. The summed E-state index contributed by atoms with van der Waals surface area (Å²) in [4.78, 5) is 0. The fourth-order valence-corrected chi connectivity index (χ4v) is 2.83. The first-order valence-corrected chi connectivity index (χ1v) is 7.26. The van der Waals surface area contributed by atoms with E-state index in [2.05, 4.69) is 10.2 Å². The number of hydrogen-bond acceptors (Lipinski definition) is 4. The molecule has 102 valence electrons. The Bertz CT molecular complexity index is 531. The molecule has 0 amide bonds. The normalized spacial score (nSPS) is 11.8. The van der Waals surface area contributed by atoms with E-state index in [9.17, 15) is 5.11 Å². The molecule has 0 fully saturated rings.